The minimum absolute atomic E-state index is 0.147. The van der Waals surface area contributed by atoms with Crippen LogP contribution in [0.25, 0.3) is 0 Å². The van der Waals surface area contributed by atoms with Crippen molar-refractivity contribution in [2.75, 3.05) is 36.5 Å². The van der Waals surface area contributed by atoms with Gasteiger partial charge in [0.05, 0.1) is 13.2 Å². The van der Waals surface area contributed by atoms with Gasteiger partial charge in [-0.1, -0.05) is 0 Å². The van der Waals surface area contributed by atoms with Gasteiger partial charge in [-0.05, 0) is 44.2 Å². The van der Waals surface area contributed by atoms with Crippen LogP contribution in [-0.4, -0.2) is 54.6 Å². The number of nitrogens with one attached hydrogen (secondary N) is 1. The molecule has 1 amide bonds. The highest BCUT2D eigenvalue weighted by Gasteiger charge is 2.22. The van der Waals surface area contributed by atoms with Crippen LogP contribution in [0.15, 0.2) is 36.5 Å². The third-order valence-electron chi connectivity index (χ3n) is 4.78. The fraction of sp³-hybridized carbons (Fsp3) is 0.381. The predicted octanol–water partition coefficient (Wildman–Crippen LogP) is 2.25. The zero-order valence-corrected chi connectivity index (χ0v) is 16.8. The molecule has 154 valence electrons. The summed E-state index contributed by atoms with van der Waals surface area (Å²) in [5.41, 5.74) is 2.31. The van der Waals surface area contributed by atoms with Crippen molar-refractivity contribution in [3.8, 4) is 0 Å². The Kier molecular flexibility index (Phi) is 6.33. The molecule has 1 aromatic heterocycles. The number of esters is 1. The molecular formula is C21H25N3O5. The number of carbonyl (C=O) groups excluding carboxylic acids is 3. The van der Waals surface area contributed by atoms with E-state index in [0.717, 1.165) is 18.8 Å². The van der Waals surface area contributed by atoms with Gasteiger partial charge in [-0.25, -0.2) is 4.79 Å². The van der Waals surface area contributed by atoms with E-state index in [-0.39, 0.29) is 11.5 Å². The number of anilines is 2. The lowest BCUT2D eigenvalue weighted by Gasteiger charge is -2.28. The highest BCUT2D eigenvalue weighted by atomic mass is 16.5. The summed E-state index contributed by atoms with van der Waals surface area (Å²) in [5, 5.41) is 2.75. The summed E-state index contributed by atoms with van der Waals surface area (Å²) < 4.78 is 12.1. The molecule has 1 aromatic carbocycles. The Morgan fingerprint density at radius 2 is 1.79 bits per heavy atom. The van der Waals surface area contributed by atoms with E-state index >= 15 is 0 Å². The van der Waals surface area contributed by atoms with Crippen molar-refractivity contribution in [1.29, 1.82) is 0 Å². The highest BCUT2D eigenvalue weighted by molar-refractivity contribution is 5.99. The van der Waals surface area contributed by atoms with Crippen molar-refractivity contribution < 1.29 is 23.9 Å². The van der Waals surface area contributed by atoms with Crippen molar-refractivity contribution in [2.45, 2.75) is 20.0 Å². The summed E-state index contributed by atoms with van der Waals surface area (Å²) >= 11 is 0. The number of morpholine rings is 1. The number of aryl methyl sites for hydroxylation is 1. The number of aromatic nitrogens is 1. The zero-order valence-electron chi connectivity index (χ0n) is 16.8. The second-order valence-electron chi connectivity index (χ2n) is 6.96. The lowest BCUT2D eigenvalue weighted by molar-refractivity contribution is -0.123. The molecule has 0 saturated carbocycles. The first-order valence-electron chi connectivity index (χ1n) is 9.47. The Morgan fingerprint density at radius 1 is 1.14 bits per heavy atom. The number of amides is 1. The molecule has 1 aliphatic heterocycles. The molecule has 8 heteroatoms. The molecule has 3 rings (SSSR count). The second kappa shape index (κ2) is 8.91. The van der Waals surface area contributed by atoms with Gasteiger partial charge in [0.2, 0.25) is 0 Å². The molecule has 1 fully saturated rings. The van der Waals surface area contributed by atoms with E-state index in [9.17, 15) is 14.4 Å². The van der Waals surface area contributed by atoms with Crippen LogP contribution >= 0.6 is 0 Å². The summed E-state index contributed by atoms with van der Waals surface area (Å²) in [6.07, 6.45) is 0.566. The highest BCUT2D eigenvalue weighted by Crippen LogP contribution is 2.19. The number of benzene rings is 1. The molecule has 0 aliphatic carbocycles. The van der Waals surface area contributed by atoms with Gasteiger partial charge in [-0.3, -0.25) is 9.59 Å². The van der Waals surface area contributed by atoms with E-state index in [1.807, 2.05) is 24.3 Å². The number of Topliss-reactive ketones (excluding diaryl/α,β-unsaturated/α-hetero) is 1. The summed E-state index contributed by atoms with van der Waals surface area (Å²) in [6, 6.07) is 8.95. The van der Waals surface area contributed by atoms with E-state index in [1.165, 1.54) is 24.5 Å². The van der Waals surface area contributed by atoms with Gasteiger partial charge >= 0.3 is 5.97 Å². The van der Waals surface area contributed by atoms with E-state index in [2.05, 4.69) is 10.2 Å². The molecule has 8 nitrogen and oxygen atoms in total. The number of hydrogen-bond donors (Lipinski definition) is 1. The van der Waals surface area contributed by atoms with E-state index in [1.54, 1.807) is 13.2 Å². The topological polar surface area (TPSA) is 89.9 Å². The first-order chi connectivity index (χ1) is 13.8. The molecule has 0 radical (unpaired) electrons. The van der Waals surface area contributed by atoms with Gasteiger partial charge in [-0.15, -0.1) is 0 Å². The summed E-state index contributed by atoms with van der Waals surface area (Å²) in [5.74, 6) is -1.24. The Bertz CT molecular complexity index is 898. The minimum atomic E-state index is -0.989. The largest absolute Gasteiger partial charge is 0.448 e. The van der Waals surface area contributed by atoms with Crippen molar-refractivity contribution in [1.82, 2.24) is 4.57 Å². The van der Waals surface area contributed by atoms with E-state index < -0.39 is 18.0 Å². The third-order valence-corrected chi connectivity index (χ3v) is 4.78. The molecule has 1 saturated heterocycles. The van der Waals surface area contributed by atoms with Crippen LogP contribution in [0.1, 0.15) is 34.7 Å². The first kappa shape index (κ1) is 20.6. The first-order valence-corrected chi connectivity index (χ1v) is 9.47. The summed E-state index contributed by atoms with van der Waals surface area (Å²) in [7, 11) is 1.64. The second-order valence-corrected chi connectivity index (χ2v) is 6.96. The third kappa shape index (κ3) is 5.03. The SMILES string of the molecule is CC(=O)c1cc(C(=O)O[C@H](C)C(=O)Nc2ccc(N3CCOCC3)cc2)n(C)c1. The normalized spacial score (nSPS) is 14.9. The predicted molar refractivity (Wildman–Crippen MR) is 108 cm³/mol. The van der Waals surface area contributed by atoms with E-state index in [0.29, 0.717) is 24.5 Å². The number of rotatable bonds is 6. The number of nitrogens with zero attached hydrogens (tertiary/aromatic N) is 2. The van der Waals surface area contributed by atoms with Gasteiger partial charge in [0.1, 0.15) is 5.69 Å². The van der Waals surface area contributed by atoms with Crippen molar-refractivity contribution in [3.63, 3.8) is 0 Å². The van der Waals surface area contributed by atoms with Crippen LogP contribution in [0.4, 0.5) is 11.4 Å². The number of ether oxygens (including phenoxy) is 2. The molecule has 0 unspecified atom stereocenters. The maximum Gasteiger partial charge on any atom is 0.355 e. The Hall–Kier alpha value is -3.13. The quantitative estimate of drug-likeness (QED) is 0.592. The number of carbonyl (C=O) groups is 3. The van der Waals surface area contributed by atoms with Crippen LogP contribution < -0.4 is 10.2 Å². The van der Waals surface area contributed by atoms with Crippen LogP contribution in [0.3, 0.4) is 0 Å². The molecule has 1 aliphatic rings. The smallest absolute Gasteiger partial charge is 0.355 e. The lowest BCUT2D eigenvalue weighted by atomic mass is 10.2. The van der Waals surface area contributed by atoms with Crippen molar-refractivity contribution in [2.24, 2.45) is 7.05 Å². The van der Waals surface area contributed by atoms with Crippen molar-refractivity contribution in [3.05, 3.63) is 47.8 Å². The van der Waals surface area contributed by atoms with Gasteiger partial charge in [-0.2, -0.15) is 0 Å². The minimum Gasteiger partial charge on any atom is -0.448 e. The van der Waals surface area contributed by atoms with Crippen LogP contribution in [0, 0.1) is 0 Å². The number of hydrogen-bond acceptors (Lipinski definition) is 6. The summed E-state index contributed by atoms with van der Waals surface area (Å²) in [6.45, 7) is 6.01. The van der Waals surface area contributed by atoms with Gasteiger partial charge in [0.15, 0.2) is 11.9 Å². The monoisotopic (exact) mass is 399 g/mol. The van der Waals surface area contributed by atoms with Crippen LogP contribution in [0.5, 0.6) is 0 Å². The molecule has 1 atom stereocenters. The van der Waals surface area contributed by atoms with Crippen molar-refractivity contribution >= 4 is 29.0 Å². The fourth-order valence-electron chi connectivity index (χ4n) is 3.06. The van der Waals surface area contributed by atoms with Gasteiger partial charge in [0, 0.05) is 43.3 Å². The molecular weight excluding hydrogens is 374 g/mol. The molecule has 2 heterocycles. The Labute approximate surface area is 169 Å². The van der Waals surface area contributed by atoms with E-state index in [4.69, 9.17) is 9.47 Å². The summed E-state index contributed by atoms with van der Waals surface area (Å²) in [4.78, 5) is 38.4. The standard InChI is InChI=1S/C21H25N3O5/c1-14(25)16-12-19(23(3)13-16)21(27)29-15(2)20(26)22-17-4-6-18(7-5-17)24-8-10-28-11-9-24/h4-7,12-13,15H,8-11H2,1-3H3,(H,22,26)/t15-/m1/s1. The molecule has 0 bridgehead atoms. The molecule has 0 spiro atoms. The number of ketones is 1. The lowest BCUT2D eigenvalue weighted by Crippen LogP contribution is -2.36. The molecule has 29 heavy (non-hydrogen) atoms. The molecule has 2 aromatic rings. The fourth-order valence-corrected chi connectivity index (χ4v) is 3.06. The van der Waals surface area contributed by atoms with Gasteiger partial charge < -0.3 is 24.3 Å². The average molecular weight is 399 g/mol. The Balaban J connectivity index is 1.57. The maximum atomic E-state index is 12.4. The maximum absolute atomic E-state index is 12.4. The van der Waals surface area contributed by atoms with Crippen LogP contribution in [0.2, 0.25) is 0 Å². The zero-order chi connectivity index (χ0) is 21.0. The molecule has 1 N–H and O–H groups in total. The van der Waals surface area contributed by atoms with Crippen LogP contribution in [-0.2, 0) is 21.3 Å². The Morgan fingerprint density at radius 3 is 2.38 bits per heavy atom. The average Bonchev–Trinajstić information content (AvgIpc) is 3.11. The van der Waals surface area contributed by atoms with Gasteiger partial charge in [0.25, 0.3) is 5.91 Å².